The number of thiazole rings is 1. The van der Waals surface area contributed by atoms with Gasteiger partial charge in [0.25, 0.3) is 0 Å². The van der Waals surface area contributed by atoms with Gasteiger partial charge in [0.2, 0.25) is 0 Å². The van der Waals surface area contributed by atoms with E-state index in [4.69, 9.17) is 10.1 Å². The van der Waals surface area contributed by atoms with Crippen LogP contribution in [0, 0.1) is 0 Å². The lowest BCUT2D eigenvalue weighted by atomic mass is 9.89. The molecule has 3 rings (SSSR count). The molecule has 1 fully saturated rings. The number of nitrogens with zero attached hydrogens (tertiary/aromatic N) is 1. The molecule has 1 heterocycles. The standard InChI is InChI=1S/C12H15NO2S/c14-10(15)6-8-2-1-3-9-11(8)16-12(13-9)7-4-5-7/h7-8H,1-6H2,(H,14,15). The minimum Gasteiger partial charge on any atom is -0.481 e. The molecule has 3 nitrogen and oxygen atoms in total. The molecule has 86 valence electrons. The number of aliphatic carboxylic acids is 1. The minimum atomic E-state index is -0.681. The van der Waals surface area contributed by atoms with Crippen LogP contribution in [0.5, 0.6) is 0 Å². The number of aromatic nitrogens is 1. The molecule has 2 aliphatic rings. The van der Waals surface area contributed by atoms with Crippen molar-refractivity contribution >= 4 is 17.3 Å². The third kappa shape index (κ3) is 1.86. The molecule has 2 aliphatic carbocycles. The monoisotopic (exact) mass is 237 g/mol. The zero-order valence-corrected chi connectivity index (χ0v) is 9.92. The quantitative estimate of drug-likeness (QED) is 0.879. The second kappa shape index (κ2) is 3.84. The normalized spacial score (nSPS) is 24.1. The molecule has 4 heteroatoms. The van der Waals surface area contributed by atoms with Crippen molar-refractivity contribution in [2.45, 2.75) is 50.4 Å². The fourth-order valence-electron chi connectivity index (χ4n) is 2.44. The first-order valence-corrected chi connectivity index (χ1v) is 6.77. The van der Waals surface area contributed by atoms with Gasteiger partial charge in [-0.05, 0) is 32.1 Å². The van der Waals surface area contributed by atoms with Gasteiger partial charge in [-0.25, -0.2) is 4.98 Å². The van der Waals surface area contributed by atoms with E-state index >= 15 is 0 Å². The molecule has 0 bridgehead atoms. The molecule has 1 saturated carbocycles. The van der Waals surface area contributed by atoms with Crippen LogP contribution >= 0.6 is 11.3 Å². The highest BCUT2D eigenvalue weighted by Gasteiger charge is 2.32. The molecule has 1 N–H and O–H groups in total. The predicted molar refractivity (Wildman–Crippen MR) is 62.0 cm³/mol. The number of hydrogen-bond donors (Lipinski definition) is 1. The first kappa shape index (κ1) is 10.3. The van der Waals surface area contributed by atoms with Gasteiger partial charge in [-0.2, -0.15) is 0 Å². The Morgan fingerprint density at radius 2 is 2.25 bits per heavy atom. The highest BCUT2D eigenvalue weighted by molar-refractivity contribution is 7.12. The van der Waals surface area contributed by atoms with E-state index in [-0.39, 0.29) is 12.3 Å². The van der Waals surface area contributed by atoms with Crippen molar-refractivity contribution < 1.29 is 9.90 Å². The third-order valence-corrected chi connectivity index (χ3v) is 4.85. The van der Waals surface area contributed by atoms with Gasteiger partial charge in [0.05, 0.1) is 17.1 Å². The molecule has 1 aromatic rings. The average Bonchev–Trinajstić information content (AvgIpc) is 2.98. The van der Waals surface area contributed by atoms with Gasteiger partial charge >= 0.3 is 5.97 Å². The Hall–Kier alpha value is -0.900. The van der Waals surface area contributed by atoms with Crippen molar-refractivity contribution in [2.75, 3.05) is 0 Å². The molecule has 1 aromatic heterocycles. The zero-order valence-electron chi connectivity index (χ0n) is 9.11. The molecule has 0 aromatic carbocycles. The Morgan fingerprint density at radius 3 is 2.94 bits per heavy atom. The summed E-state index contributed by atoms with van der Waals surface area (Å²) in [6, 6.07) is 0. The maximum atomic E-state index is 10.8. The number of aryl methyl sites for hydroxylation is 1. The first-order valence-electron chi connectivity index (χ1n) is 5.95. The van der Waals surface area contributed by atoms with E-state index in [1.165, 1.54) is 28.4 Å². The van der Waals surface area contributed by atoms with E-state index in [0.29, 0.717) is 5.92 Å². The van der Waals surface area contributed by atoms with Crippen molar-refractivity contribution in [1.82, 2.24) is 4.98 Å². The lowest BCUT2D eigenvalue weighted by Gasteiger charge is -2.19. The fraction of sp³-hybridized carbons (Fsp3) is 0.667. The van der Waals surface area contributed by atoms with E-state index in [9.17, 15) is 4.79 Å². The van der Waals surface area contributed by atoms with Crippen LogP contribution < -0.4 is 0 Å². The van der Waals surface area contributed by atoms with Crippen LogP contribution in [0.3, 0.4) is 0 Å². The van der Waals surface area contributed by atoms with Gasteiger partial charge in [-0.1, -0.05) is 0 Å². The van der Waals surface area contributed by atoms with Crippen LogP contribution in [0.2, 0.25) is 0 Å². The summed E-state index contributed by atoms with van der Waals surface area (Å²) in [5, 5.41) is 10.2. The highest BCUT2D eigenvalue weighted by atomic mass is 32.1. The minimum absolute atomic E-state index is 0.228. The maximum absolute atomic E-state index is 10.8. The van der Waals surface area contributed by atoms with E-state index in [2.05, 4.69) is 0 Å². The Balaban J connectivity index is 1.88. The average molecular weight is 237 g/mol. The highest BCUT2D eigenvalue weighted by Crippen LogP contribution is 2.46. The number of carboxylic acids is 1. The van der Waals surface area contributed by atoms with E-state index < -0.39 is 5.97 Å². The SMILES string of the molecule is O=C(O)CC1CCCc2nc(C3CC3)sc21. The third-order valence-electron chi connectivity index (χ3n) is 3.43. The van der Waals surface area contributed by atoms with Crippen LogP contribution in [-0.2, 0) is 11.2 Å². The summed E-state index contributed by atoms with van der Waals surface area (Å²) in [6.07, 6.45) is 5.99. The maximum Gasteiger partial charge on any atom is 0.303 e. The molecule has 0 spiro atoms. The zero-order chi connectivity index (χ0) is 11.1. The van der Waals surface area contributed by atoms with Crippen molar-refractivity contribution in [3.63, 3.8) is 0 Å². The summed E-state index contributed by atoms with van der Waals surface area (Å²) in [6.45, 7) is 0. The summed E-state index contributed by atoms with van der Waals surface area (Å²) in [5.74, 6) is 0.242. The van der Waals surface area contributed by atoms with Gasteiger partial charge in [-0.15, -0.1) is 11.3 Å². The van der Waals surface area contributed by atoms with Gasteiger partial charge in [0.1, 0.15) is 0 Å². The summed E-state index contributed by atoms with van der Waals surface area (Å²) in [5.41, 5.74) is 1.20. The number of carbonyl (C=O) groups is 1. The predicted octanol–water partition coefficient (Wildman–Crippen LogP) is 2.92. The van der Waals surface area contributed by atoms with Crippen LogP contribution in [0.25, 0.3) is 0 Å². The Kier molecular flexibility index (Phi) is 2.46. The number of fused-ring (bicyclic) bond motifs is 1. The second-order valence-electron chi connectivity index (χ2n) is 4.82. The number of carboxylic acid groups (broad SMARTS) is 1. The second-order valence-corrected chi connectivity index (χ2v) is 5.89. The largest absolute Gasteiger partial charge is 0.481 e. The fourth-order valence-corrected chi connectivity index (χ4v) is 3.85. The topological polar surface area (TPSA) is 50.2 Å². The molecule has 0 aliphatic heterocycles. The number of rotatable bonds is 3. The van der Waals surface area contributed by atoms with E-state index in [1.54, 1.807) is 11.3 Å². The van der Waals surface area contributed by atoms with Crippen molar-refractivity contribution in [1.29, 1.82) is 0 Å². The molecule has 1 atom stereocenters. The Morgan fingerprint density at radius 1 is 1.44 bits per heavy atom. The van der Waals surface area contributed by atoms with Crippen LogP contribution in [0.4, 0.5) is 0 Å². The van der Waals surface area contributed by atoms with Crippen LogP contribution in [0.15, 0.2) is 0 Å². The lowest BCUT2D eigenvalue weighted by molar-refractivity contribution is -0.137. The van der Waals surface area contributed by atoms with Crippen molar-refractivity contribution in [3.05, 3.63) is 15.6 Å². The van der Waals surface area contributed by atoms with E-state index in [1.807, 2.05) is 0 Å². The summed E-state index contributed by atoms with van der Waals surface area (Å²) < 4.78 is 0. The summed E-state index contributed by atoms with van der Waals surface area (Å²) >= 11 is 1.78. The molecule has 16 heavy (non-hydrogen) atoms. The first-order chi connectivity index (χ1) is 7.74. The Bertz CT molecular complexity index is 423. The number of hydrogen-bond acceptors (Lipinski definition) is 3. The van der Waals surface area contributed by atoms with Gasteiger partial charge in [0, 0.05) is 16.7 Å². The van der Waals surface area contributed by atoms with Crippen LogP contribution in [-0.4, -0.2) is 16.1 Å². The lowest BCUT2D eigenvalue weighted by Crippen LogP contribution is -2.11. The molecular weight excluding hydrogens is 222 g/mol. The molecule has 0 amide bonds. The van der Waals surface area contributed by atoms with Crippen molar-refractivity contribution in [2.24, 2.45) is 0 Å². The molecular formula is C12H15NO2S. The molecule has 1 unspecified atom stereocenters. The van der Waals surface area contributed by atoms with Crippen LogP contribution in [0.1, 0.15) is 59.5 Å². The summed E-state index contributed by atoms with van der Waals surface area (Å²) in [4.78, 5) is 16.8. The Labute approximate surface area is 98.5 Å². The van der Waals surface area contributed by atoms with Gasteiger partial charge in [-0.3, -0.25) is 4.79 Å². The summed E-state index contributed by atoms with van der Waals surface area (Å²) in [7, 11) is 0. The molecule has 0 saturated heterocycles. The van der Waals surface area contributed by atoms with Crippen molar-refractivity contribution in [3.8, 4) is 0 Å². The van der Waals surface area contributed by atoms with Gasteiger partial charge in [0.15, 0.2) is 0 Å². The smallest absolute Gasteiger partial charge is 0.303 e. The van der Waals surface area contributed by atoms with E-state index in [0.717, 1.165) is 19.3 Å². The molecule has 0 radical (unpaired) electrons. The van der Waals surface area contributed by atoms with Gasteiger partial charge < -0.3 is 5.11 Å².